The van der Waals surface area contributed by atoms with Crippen LogP contribution in [-0.4, -0.2) is 48.2 Å². The Kier molecular flexibility index (Phi) is 9.91. The highest BCUT2D eigenvalue weighted by Crippen LogP contribution is 2.46. The average molecular weight is 579 g/mol. The predicted molar refractivity (Wildman–Crippen MR) is 127 cm³/mol. The topological polar surface area (TPSA) is 117 Å². The maximum atomic E-state index is 14.1. The van der Waals surface area contributed by atoms with Crippen molar-refractivity contribution in [3.05, 3.63) is 56.4 Å². The van der Waals surface area contributed by atoms with Crippen LogP contribution < -0.4 is 10.1 Å². The zero-order chi connectivity index (χ0) is 27.2. The Morgan fingerprint density at radius 2 is 1.86 bits per heavy atom. The predicted octanol–water partition coefficient (Wildman–Crippen LogP) is 5.05. The van der Waals surface area contributed by atoms with Crippen LogP contribution in [0.4, 0.5) is 18.9 Å². The van der Waals surface area contributed by atoms with Gasteiger partial charge in [0.05, 0.1) is 41.8 Å². The first kappa shape index (κ1) is 29.1. The van der Waals surface area contributed by atoms with Crippen molar-refractivity contribution < 1.29 is 41.9 Å². The van der Waals surface area contributed by atoms with E-state index >= 15 is 0 Å². The van der Waals surface area contributed by atoms with Gasteiger partial charge in [0.2, 0.25) is 0 Å². The summed E-state index contributed by atoms with van der Waals surface area (Å²) in [6.07, 6.45) is -4.55. The van der Waals surface area contributed by atoms with Crippen molar-refractivity contribution >= 4 is 33.6 Å². The number of nitro benzene ring substituents is 1. The molecule has 0 saturated carbocycles. The molecule has 9 nitrogen and oxygen atoms in total. The number of methoxy groups -OCH3 is 1. The maximum absolute atomic E-state index is 14.1. The molecule has 13 heteroatoms. The number of alkyl halides is 4. The molecule has 1 atom stereocenters. The van der Waals surface area contributed by atoms with Gasteiger partial charge in [0.15, 0.2) is 0 Å². The Balaban J connectivity index is 2.90. The van der Waals surface area contributed by atoms with Gasteiger partial charge in [-0.15, -0.1) is 0 Å². The second kappa shape index (κ2) is 12.2. The number of nitrogens with zero attached hydrogens (tertiary/aromatic N) is 1. The highest BCUT2D eigenvalue weighted by Gasteiger charge is 2.48. The molecule has 0 aliphatic carbocycles. The number of carbonyl (C=O) groups excluding carboxylic acids is 2. The van der Waals surface area contributed by atoms with Crippen molar-refractivity contribution in [3.8, 4) is 5.75 Å². The number of unbranched alkanes of at least 4 members (excludes halogenated alkanes) is 1. The van der Waals surface area contributed by atoms with Crippen molar-refractivity contribution in [1.82, 2.24) is 5.32 Å². The lowest BCUT2D eigenvalue weighted by molar-refractivity contribution is -0.384. The number of rotatable bonds is 10. The molecule has 1 unspecified atom stereocenters. The average Bonchev–Trinajstić information content (AvgIpc) is 2.79. The van der Waals surface area contributed by atoms with Crippen LogP contribution in [0.3, 0.4) is 0 Å². The molecule has 0 bridgehead atoms. The van der Waals surface area contributed by atoms with Crippen LogP contribution in [0.25, 0.3) is 0 Å². The van der Waals surface area contributed by atoms with Gasteiger partial charge in [-0.1, -0.05) is 15.9 Å². The number of hydrogen-bond donors (Lipinski definition) is 1. The van der Waals surface area contributed by atoms with Gasteiger partial charge in [0, 0.05) is 28.7 Å². The molecular weight excluding hydrogens is 553 g/mol. The van der Waals surface area contributed by atoms with E-state index in [2.05, 4.69) is 21.2 Å². The summed E-state index contributed by atoms with van der Waals surface area (Å²) in [4.78, 5) is 36.6. The van der Waals surface area contributed by atoms with E-state index in [0.29, 0.717) is 11.8 Å². The molecular formula is C23H26BrF3N2O7. The number of hydrogen-bond acceptors (Lipinski definition) is 8. The minimum absolute atomic E-state index is 0.0207. The summed E-state index contributed by atoms with van der Waals surface area (Å²) in [5.41, 5.74) is -3.61. The number of ether oxygens (including phenoxy) is 3. The highest BCUT2D eigenvalue weighted by atomic mass is 79.9. The second-order valence-electron chi connectivity index (χ2n) is 8.05. The molecule has 1 N–H and O–H groups in total. The summed E-state index contributed by atoms with van der Waals surface area (Å²) < 4.78 is 58.1. The van der Waals surface area contributed by atoms with Crippen molar-refractivity contribution in [2.75, 3.05) is 19.0 Å². The summed E-state index contributed by atoms with van der Waals surface area (Å²) in [5, 5.41) is 14.3. The van der Waals surface area contributed by atoms with Gasteiger partial charge in [0.25, 0.3) is 5.69 Å². The SMILES string of the molecule is COC(=O)C1=C(C)NC(C(F)(F)F)=C(C(=O)OC(C)C)C1c1cc([N+](=O)[O-])ccc1OCCCCBr. The fourth-order valence-corrected chi connectivity index (χ4v) is 4.02. The maximum Gasteiger partial charge on any atom is 0.431 e. The van der Waals surface area contributed by atoms with Crippen LogP contribution in [0.5, 0.6) is 5.75 Å². The van der Waals surface area contributed by atoms with Gasteiger partial charge in [-0.25, -0.2) is 9.59 Å². The van der Waals surface area contributed by atoms with Crippen molar-refractivity contribution in [2.24, 2.45) is 0 Å². The third kappa shape index (κ3) is 6.77. The molecule has 2 rings (SSSR count). The monoisotopic (exact) mass is 578 g/mol. The molecule has 0 amide bonds. The second-order valence-corrected chi connectivity index (χ2v) is 8.85. The number of benzene rings is 1. The molecule has 198 valence electrons. The summed E-state index contributed by atoms with van der Waals surface area (Å²) in [5.74, 6) is -4.13. The third-order valence-corrected chi connectivity index (χ3v) is 5.68. The summed E-state index contributed by atoms with van der Waals surface area (Å²) >= 11 is 3.29. The molecule has 0 saturated heterocycles. The number of nitrogens with one attached hydrogen (secondary N) is 1. The Hall–Kier alpha value is -3.09. The van der Waals surface area contributed by atoms with Crippen LogP contribution in [0.1, 0.15) is 45.1 Å². The first-order valence-electron chi connectivity index (χ1n) is 10.9. The Labute approximate surface area is 213 Å². The van der Waals surface area contributed by atoms with Crippen LogP contribution in [0.2, 0.25) is 0 Å². The van der Waals surface area contributed by atoms with E-state index in [1.807, 2.05) is 0 Å². The van der Waals surface area contributed by atoms with E-state index in [-0.39, 0.29) is 29.2 Å². The number of dihydropyridines is 1. The Morgan fingerprint density at radius 3 is 2.39 bits per heavy atom. The largest absolute Gasteiger partial charge is 0.493 e. The van der Waals surface area contributed by atoms with E-state index in [0.717, 1.165) is 25.7 Å². The number of halogens is 4. The summed E-state index contributed by atoms with van der Waals surface area (Å²) in [7, 11) is 1.03. The molecule has 0 fully saturated rings. The fourth-order valence-electron chi connectivity index (χ4n) is 3.63. The summed E-state index contributed by atoms with van der Waals surface area (Å²) in [6.45, 7) is 4.25. The van der Waals surface area contributed by atoms with Gasteiger partial charge in [0.1, 0.15) is 11.4 Å². The van der Waals surface area contributed by atoms with E-state index in [1.165, 1.54) is 26.8 Å². The molecule has 0 spiro atoms. The minimum Gasteiger partial charge on any atom is -0.493 e. The van der Waals surface area contributed by atoms with E-state index < -0.39 is 52.0 Å². The highest BCUT2D eigenvalue weighted by molar-refractivity contribution is 9.09. The first-order chi connectivity index (χ1) is 16.8. The van der Waals surface area contributed by atoms with E-state index in [9.17, 15) is 32.9 Å². The molecule has 1 aliphatic rings. The number of non-ortho nitro benzene ring substituents is 1. The number of carbonyl (C=O) groups is 2. The van der Waals surface area contributed by atoms with Gasteiger partial charge in [-0.3, -0.25) is 10.1 Å². The molecule has 1 aromatic rings. The van der Waals surface area contributed by atoms with Crippen molar-refractivity contribution in [2.45, 2.75) is 51.8 Å². The molecule has 1 heterocycles. The van der Waals surface area contributed by atoms with Gasteiger partial charge < -0.3 is 19.5 Å². The van der Waals surface area contributed by atoms with Crippen LogP contribution in [-0.2, 0) is 19.1 Å². The van der Waals surface area contributed by atoms with Gasteiger partial charge >= 0.3 is 18.1 Å². The van der Waals surface area contributed by atoms with Gasteiger partial charge in [-0.2, -0.15) is 13.2 Å². The van der Waals surface area contributed by atoms with Crippen LogP contribution >= 0.6 is 15.9 Å². The molecule has 36 heavy (non-hydrogen) atoms. The van der Waals surface area contributed by atoms with Crippen LogP contribution in [0, 0.1) is 10.1 Å². The molecule has 1 aliphatic heterocycles. The first-order valence-corrected chi connectivity index (χ1v) is 12.0. The summed E-state index contributed by atoms with van der Waals surface area (Å²) in [6, 6.07) is 3.34. The van der Waals surface area contributed by atoms with Gasteiger partial charge in [-0.05, 0) is 39.7 Å². The van der Waals surface area contributed by atoms with Crippen LogP contribution in [0.15, 0.2) is 40.7 Å². The smallest absolute Gasteiger partial charge is 0.431 e. The number of allylic oxidation sites excluding steroid dienone is 2. The lowest BCUT2D eigenvalue weighted by Gasteiger charge is -2.32. The lowest BCUT2D eigenvalue weighted by Crippen LogP contribution is -2.39. The lowest BCUT2D eigenvalue weighted by atomic mass is 9.79. The van der Waals surface area contributed by atoms with Crippen molar-refractivity contribution in [1.29, 1.82) is 0 Å². The molecule has 1 aromatic carbocycles. The Morgan fingerprint density at radius 1 is 1.19 bits per heavy atom. The zero-order valence-electron chi connectivity index (χ0n) is 20.0. The normalized spacial score (nSPS) is 16.1. The van der Waals surface area contributed by atoms with E-state index in [4.69, 9.17) is 14.2 Å². The molecule has 0 radical (unpaired) electrons. The third-order valence-electron chi connectivity index (χ3n) is 5.12. The van der Waals surface area contributed by atoms with Crippen molar-refractivity contribution in [3.63, 3.8) is 0 Å². The van der Waals surface area contributed by atoms with E-state index in [1.54, 1.807) is 0 Å². The zero-order valence-corrected chi connectivity index (χ0v) is 21.6. The number of esters is 2. The quantitative estimate of drug-likeness (QED) is 0.135. The standard InChI is InChI=1S/C23H26BrF3N2O7/c1-12(2)36-22(31)19-18(17(21(30)34-4)13(3)28-20(19)23(25,26)27)15-11-14(29(32)33)7-8-16(15)35-10-6-5-9-24/h7-8,11-12,18,28H,5-6,9-10H2,1-4H3. The molecule has 0 aromatic heterocycles. The Bertz CT molecular complexity index is 1080. The minimum atomic E-state index is -5.05. The number of nitro groups is 1. The fraction of sp³-hybridized carbons (Fsp3) is 0.478.